The van der Waals surface area contributed by atoms with Crippen molar-refractivity contribution in [1.29, 1.82) is 0 Å². The second-order valence-electron chi connectivity index (χ2n) is 14.5. The number of nitrogens with one attached hydrogen (secondary N) is 1. The lowest BCUT2D eigenvalue weighted by atomic mass is 9.59. The van der Waals surface area contributed by atoms with Gasteiger partial charge in [0, 0.05) is 49.4 Å². The van der Waals surface area contributed by atoms with E-state index < -0.39 is 0 Å². The molecular weight excluding hydrogens is 563 g/mol. The lowest BCUT2D eigenvalue weighted by Crippen LogP contribution is -2.58. The molecule has 1 aromatic heterocycles. The van der Waals surface area contributed by atoms with Gasteiger partial charge in [0.05, 0.1) is 11.6 Å². The van der Waals surface area contributed by atoms with Gasteiger partial charge >= 0.3 is 0 Å². The fraction of sp³-hybridized carbons (Fsp3) is 0.447. The molecule has 0 bridgehead atoms. The first-order chi connectivity index (χ1) is 21.6. The molecule has 3 heterocycles. The molecule has 4 aliphatic rings. The Hall–Kier alpha value is -3.84. The van der Waals surface area contributed by atoms with Crippen LogP contribution in [-0.2, 0) is 4.79 Å². The van der Waals surface area contributed by atoms with Crippen molar-refractivity contribution >= 4 is 17.4 Å². The maximum absolute atomic E-state index is 13.8. The molecule has 234 valence electrons. The van der Waals surface area contributed by atoms with E-state index in [9.17, 15) is 14.0 Å². The Balaban J connectivity index is 1.01. The van der Waals surface area contributed by atoms with E-state index in [-0.39, 0.29) is 23.2 Å². The summed E-state index contributed by atoms with van der Waals surface area (Å²) >= 11 is 0. The summed E-state index contributed by atoms with van der Waals surface area (Å²) in [4.78, 5) is 34.9. The highest BCUT2D eigenvalue weighted by atomic mass is 19.1. The zero-order valence-corrected chi connectivity index (χ0v) is 26.6. The van der Waals surface area contributed by atoms with Crippen LogP contribution in [0.3, 0.4) is 0 Å². The third-order valence-corrected chi connectivity index (χ3v) is 10.7. The first-order valence-electron chi connectivity index (χ1n) is 16.4. The van der Waals surface area contributed by atoms with Gasteiger partial charge in [-0.2, -0.15) is 0 Å². The van der Waals surface area contributed by atoms with E-state index in [0.29, 0.717) is 22.8 Å². The van der Waals surface area contributed by atoms with Crippen molar-refractivity contribution in [1.82, 2.24) is 20.1 Å². The predicted octanol–water partition coefficient (Wildman–Crippen LogP) is 6.75. The van der Waals surface area contributed by atoms with Crippen LogP contribution in [-0.4, -0.2) is 59.8 Å². The summed E-state index contributed by atoms with van der Waals surface area (Å²) in [6, 6.07) is 17.0. The average Bonchev–Trinajstić information content (AvgIpc) is 3.78. The van der Waals surface area contributed by atoms with Gasteiger partial charge in [-0.15, -0.1) is 0 Å². The highest BCUT2D eigenvalue weighted by Crippen LogP contribution is 2.54. The van der Waals surface area contributed by atoms with E-state index in [0.717, 1.165) is 87.0 Å². The highest BCUT2D eigenvalue weighted by Gasteiger charge is 2.49. The van der Waals surface area contributed by atoms with E-state index in [1.807, 2.05) is 36.2 Å². The molecule has 7 heteroatoms. The third-order valence-electron chi connectivity index (χ3n) is 10.7. The molecule has 6 nitrogen and oxygen atoms in total. The molecule has 2 aromatic carbocycles. The molecule has 0 unspecified atom stereocenters. The SMILES string of the molecule is C[C@@H](NC(=O)c1cncc(C2CCN(C(=O)C3(C)CC3)CC2)c1)c1ccc(C(=C2CC3(C2)CN(C)C3)c2ccc(F)cc2)cc1. The number of hydrogen-bond donors (Lipinski definition) is 1. The monoisotopic (exact) mass is 606 g/mol. The summed E-state index contributed by atoms with van der Waals surface area (Å²) in [5.74, 6) is 0.228. The minimum atomic E-state index is -0.227. The van der Waals surface area contributed by atoms with Gasteiger partial charge in [0.15, 0.2) is 0 Å². The fourth-order valence-electron chi connectivity index (χ4n) is 7.85. The minimum absolute atomic E-state index is 0.126. The lowest BCUT2D eigenvalue weighted by molar-refractivity contribution is -0.137. The Bertz CT molecular complexity index is 1620. The third kappa shape index (κ3) is 5.95. The largest absolute Gasteiger partial charge is 0.345 e. The number of hydrogen-bond acceptors (Lipinski definition) is 4. The van der Waals surface area contributed by atoms with Gasteiger partial charge in [0.1, 0.15) is 5.82 Å². The van der Waals surface area contributed by atoms with Crippen molar-refractivity contribution in [2.75, 3.05) is 33.2 Å². The maximum atomic E-state index is 13.8. The molecule has 1 spiro atoms. The van der Waals surface area contributed by atoms with E-state index in [2.05, 4.69) is 53.4 Å². The molecule has 2 saturated heterocycles. The Kier molecular flexibility index (Phi) is 7.63. The molecule has 2 amide bonds. The van der Waals surface area contributed by atoms with Crippen LogP contribution in [0.5, 0.6) is 0 Å². The molecule has 1 atom stereocenters. The lowest BCUT2D eigenvalue weighted by Gasteiger charge is -2.56. The van der Waals surface area contributed by atoms with Crippen LogP contribution in [0.4, 0.5) is 4.39 Å². The molecule has 1 N–H and O–H groups in total. The van der Waals surface area contributed by atoms with Crippen molar-refractivity contribution in [3.05, 3.63) is 106 Å². The summed E-state index contributed by atoms with van der Waals surface area (Å²) in [5.41, 5.74) is 7.74. The minimum Gasteiger partial charge on any atom is -0.345 e. The van der Waals surface area contributed by atoms with Gasteiger partial charge in [0.25, 0.3) is 5.91 Å². The van der Waals surface area contributed by atoms with Crippen LogP contribution in [0, 0.1) is 16.6 Å². The van der Waals surface area contributed by atoms with Gasteiger partial charge in [0.2, 0.25) is 5.91 Å². The predicted molar refractivity (Wildman–Crippen MR) is 174 cm³/mol. The standard InChI is InChI=1S/C38H43FN4O2/c1-25(41-35(44)31-18-30(21-40-22-31)27-12-16-43(17-13-27)36(45)37(2)14-15-37)26-4-6-28(7-5-26)34(29-8-10-33(39)11-9-29)32-19-38(20-32)23-42(3)24-38/h4-11,18,21-22,25,27H,12-17,19-20,23-24H2,1-3H3,(H,41,44)/t25-/m1/s1. The fourth-order valence-corrected chi connectivity index (χ4v) is 7.85. The van der Waals surface area contributed by atoms with Crippen molar-refractivity contribution in [2.45, 2.75) is 64.3 Å². The van der Waals surface area contributed by atoms with Gasteiger partial charge in [-0.05, 0) is 104 Å². The van der Waals surface area contributed by atoms with Crippen molar-refractivity contribution in [3.63, 3.8) is 0 Å². The molecule has 4 fully saturated rings. The molecule has 3 aromatic rings. The molecule has 2 aliphatic heterocycles. The van der Waals surface area contributed by atoms with Gasteiger partial charge in [-0.1, -0.05) is 48.9 Å². The van der Waals surface area contributed by atoms with Crippen LogP contribution >= 0.6 is 0 Å². The summed E-state index contributed by atoms with van der Waals surface area (Å²) in [5, 5.41) is 3.16. The molecular formula is C38H43FN4O2. The number of benzene rings is 2. The number of allylic oxidation sites excluding steroid dienone is 1. The molecule has 2 aliphatic carbocycles. The van der Waals surface area contributed by atoms with Crippen LogP contribution < -0.4 is 5.32 Å². The summed E-state index contributed by atoms with van der Waals surface area (Å²) in [6.45, 7) is 7.88. The zero-order valence-electron chi connectivity index (χ0n) is 26.6. The Morgan fingerprint density at radius 2 is 1.56 bits per heavy atom. The number of carbonyl (C=O) groups excluding carboxylic acids is 2. The number of nitrogens with zero attached hydrogens (tertiary/aromatic N) is 3. The number of halogens is 1. The van der Waals surface area contributed by atoms with E-state index in [4.69, 9.17) is 0 Å². The Morgan fingerprint density at radius 1 is 0.933 bits per heavy atom. The van der Waals surface area contributed by atoms with Crippen molar-refractivity contribution in [3.8, 4) is 0 Å². The topological polar surface area (TPSA) is 65.5 Å². The summed E-state index contributed by atoms with van der Waals surface area (Å²) in [6.07, 6.45) is 9.46. The highest BCUT2D eigenvalue weighted by molar-refractivity contribution is 5.94. The number of amides is 2. The average molecular weight is 607 g/mol. The van der Waals surface area contributed by atoms with Crippen LogP contribution in [0.15, 0.2) is 72.6 Å². The normalized spacial score (nSPS) is 21.1. The molecule has 2 saturated carbocycles. The second kappa shape index (κ2) is 11.5. The zero-order chi connectivity index (χ0) is 31.3. The number of aromatic nitrogens is 1. The number of rotatable bonds is 7. The van der Waals surface area contributed by atoms with Crippen LogP contribution in [0.1, 0.15) is 96.9 Å². The Morgan fingerprint density at radius 3 is 2.16 bits per heavy atom. The first kappa shape index (κ1) is 29.8. The molecule has 7 rings (SSSR count). The van der Waals surface area contributed by atoms with Gasteiger partial charge < -0.3 is 15.1 Å². The molecule has 0 radical (unpaired) electrons. The Labute approximate surface area is 265 Å². The maximum Gasteiger partial charge on any atom is 0.253 e. The van der Waals surface area contributed by atoms with Crippen LogP contribution in [0.2, 0.25) is 0 Å². The smallest absolute Gasteiger partial charge is 0.253 e. The summed E-state index contributed by atoms with van der Waals surface area (Å²) < 4.78 is 13.8. The van der Waals surface area contributed by atoms with Crippen LogP contribution in [0.25, 0.3) is 5.57 Å². The molecule has 45 heavy (non-hydrogen) atoms. The van der Waals surface area contributed by atoms with Gasteiger partial charge in [-0.3, -0.25) is 14.6 Å². The second-order valence-corrected chi connectivity index (χ2v) is 14.5. The van der Waals surface area contributed by atoms with E-state index in [1.165, 1.54) is 23.3 Å². The first-order valence-corrected chi connectivity index (χ1v) is 16.4. The van der Waals surface area contributed by atoms with E-state index >= 15 is 0 Å². The number of piperidine rings is 1. The number of carbonyl (C=O) groups is 2. The van der Waals surface area contributed by atoms with Crippen molar-refractivity contribution in [2.24, 2.45) is 10.8 Å². The van der Waals surface area contributed by atoms with E-state index in [1.54, 1.807) is 6.20 Å². The summed E-state index contributed by atoms with van der Waals surface area (Å²) in [7, 11) is 2.17. The number of pyridine rings is 1. The van der Waals surface area contributed by atoms with Gasteiger partial charge in [-0.25, -0.2) is 4.39 Å². The quantitative estimate of drug-likeness (QED) is 0.323. The number of likely N-dealkylation sites (tertiary alicyclic amines) is 2. The van der Waals surface area contributed by atoms with Crippen molar-refractivity contribution < 1.29 is 14.0 Å².